The fourth-order valence-electron chi connectivity index (χ4n) is 2.10. The van der Waals surface area contributed by atoms with Gasteiger partial charge in [0.25, 0.3) is 0 Å². The molecule has 19 heavy (non-hydrogen) atoms. The molecule has 2 N–H and O–H groups in total. The van der Waals surface area contributed by atoms with Gasteiger partial charge in [-0.05, 0) is 24.3 Å². The second kappa shape index (κ2) is 4.53. The lowest BCUT2D eigenvalue weighted by Crippen LogP contribution is -1.81. The third-order valence-corrected chi connectivity index (χ3v) is 3.01. The van der Waals surface area contributed by atoms with Gasteiger partial charge in [0.2, 0.25) is 0 Å². The molecule has 0 amide bonds. The molecule has 3 heteroatoms. The average Bonchev–Trinajstić information content (AvgIpc) is 2.89. The van der Waals surface area contributed by atoms with Crippen LogP contribution in [0.2, 0.25) is 0 Å². The summed E-state index contributed by atoms with van der Waals surface area (Å²) in [5, 5.41) is 19.8. The van der Waals surface area contributed by atoms with Crippen molar-refractivity contribution in [2.45, 2.75) is 0 Å². The number of benzene rings is 2. The summed E-state index contributed by atoms with van der Waals surface area (Å²) in [5.41, 5.74) is 2.03. The smallest absolute Gasteiger partial charge is 0.145 e. The lowest BCUT2D eigenvalue weighted by molar-refractivity contribution is 0.473. The van der Waals surface area contributed by atoms with E-state index in [0.717, 1.165) is 5.56 Å². The highest BCUT2D eigenvalue weighted by molar-refractivity contribution is 5.84. The van der Waals surface area contributed by atoms with E-state index in [-0.39, 0.29) is 11.5 Å². The average molecular weight is 252 g/mol. The van der Waals surface area contributed by atoms with Gasteiger partial charge in [-0.15, -0.1) is 0 Å². The third-order valence-electron chi connectivity index (χ3n) is 3.01. The van der Waals surface area contributed by atoms with Crippen LogP contribution in [0, 0.1) is 0 Å². The molecule has 1 aromatic heterocycles. The van der Waals surface area contributed by atoms with Gasteiger partial charge in [0.1, 0.15) is 17.3 Å². The van der Waals surface area contributed by atoms with Crippen molar-refractivity contribution < 1.29 is 14.6 Å². The van der Waals surface area contributed by atoms with Crippen LogP contribution in [0.25, 0.3) is 22.5 Å². The van der Waals surface area contributed by atoms with E-state index in [1.54, 1.807) is 42.7 Å². The molecule has 0 unspecified atom stereocenters. The van der Waals surface area contributed by atoms with Gasteiger partial charge in [-0.1, -0.05) is 30.3 Å². The first kappa shape index (κ1) is 11.4. The van der Waals surface area contributed by atoms with E-state index in [9.17, 15) is 10.2 Å². The number of furan rings is 1. The molecule has 0 atom stereocenters. The van der Waals surface area contributed by atoms with Gasteiger partial charge in [0, 0.05) is 11.1 Å². The summed E-state index contributed by atoms with van der Waals surface area (Å²) in [6.07, 6.45) is 1.55. The summed E-state index contributed by atoms with van der Waals surface area (Å²) >= 11 is 0. The largest absolute Gasteiger partial charge is 0.507 e. The summed E-state index contributed by atoms with van der Waals surface area (Å²) in [4.78, 5) is 0. The number of phenolic OH excluding ortho intramolecular Hbond substituents is 2. The molecule has 3 aromatic rings. The van der Waals surface area contributed by atoms with Crippen molar-refractivity contribution in [3.05, 3.63) is 60.9 Å². The van der Waals surface area contributed by atoms with Gasteiger partial charge in [0.15, 0.2) is 0 Å². The molecule has 0 aliphatic heterocycles. The van der Waals surface area contributed by atoms with Gasteiger partial charge < -0.3 is 14.6 Å². The minimum absolute atomic E-state index is 0.147. The van der Waals surface area contributed by atoms with Crippen LogP contribution in [-0.2, 0) is 0 Å². The fourth-order valence-corrected chi connectivity index (χ4v) is 2.10. The zero-order valence-electron chi connectivity index (χ0n) is 10.1. The Morgan fingerprint density at radius 2 is 1.21 bits per heavy atom. The van der Waals surface area contributed by atoms with Gasteiger partial charge in [-0.25, -0.2) is 0 Å². The molecule has 3 rings (SSSR count). The molecule has 0 saturated carbocycles. The summed E-state index contributed by atoms with van der Waals surface area (Å²) in [7, 11) is 0. The highest BCUT2D eigenvalue weighted by atomic mass is 16.3. The predicted octanol–water partition coefficient (Wildman–Crippen LogP) is 4.02. The minimum Gasteiger partial charge on any atom is -0.507 e. The first-order valence-electron chi connectivity index (χ1n) is 5.91. The van der Waals surface area contributed by atoms with E-state index in [2.05, 4.69) is 0 Å². The highest BCUT2D eigenvalue weighted by Crippen LogP contribution is 2.40. The van der Waals surface area contributed by atoms with Crippen LogP contribution >= 0.6 is 0 Å². The normalized spacial score (nSPS) is 10.5. The van der Waals surface area contributed by atoms with Crippen LogP contribution in [0.1, 0.15) is 0 Å². The zero-order valence-corrected chi connectivity index (χ0v) is 10.1. The number of hydrogen-bond acceptors (Lipinski definition) is 3. The first-order valence-corrected chi connectivity index (χ1v) is 5.91. The quantitative estimate of drug-likeness (QED) is 0.724. The molecule has 94 valence electrons. The third kappa shape index (κ3) is 1.95. The van der Waals surface area contributed by atoms with Crippen molar-refractivity contribution in [3.8, 4) is 33.9 Å². The summed E-state index contributed by atoms with van der Waals surface area (Å²) in [6, 6.07) is 15.8. The minimum atomic E-state index is 0.147. The number of hydrogen-bond donors (Lipinski definition) is 2. The highest BCUT2D eigenvalue weighted by Gasteiger charge is 2.15. The van der Waals surface area contributed by atoms with E-state index in [4.69, 9.17) is 4.42 Å². The summed E-state index contributed by atoms with van der Waals surface area (Å²) in [6.45, 7) is 0. The van der Waals surface area contributed by atoms with Crippen LogP contribution in [0.15, 0.2) is 65.3 Å². The molecule has 3 nitrogen and oxygen atoms in total. The predicted molar refractivity (Wildman–Crippen MR) is 72.9 cm³/mol. The van der Waals surface area contributed by atoms with Crippen molar-refractivity contribution in [3.63, 3.8) is 0 Å². The van der Waals surface area contributed by atoms with Crippen LogP contribution in [-0.4, -0.2) is 10.2 Å². The van der Waals surface area contributed by atoms with Crippen LogP contribution in [0.3, 0.4) is 0 Å². The first-order chi connectivity index (χ1) is 9.27. The van der Waals surface area contributed by atoms with E-state index in [1.165, 1.54) is 0 Å². The van der Waals surface area contributed by atoms with Crippen LogP contribution in [0.5, 0.6) is 11.5 Å². The molecule has 0 fully saturated rings. The number of phenols is 2. The molecule has 2 aromatic carbocycles. The number of para-hydroxylation sites is 2. The van der Waals surface area contributed by atoms with Gasteiger partial charge in [0.05, 0.1) is 11.8 Å². The van der Waals surface area contributed by atoms with E-state index in [1.807, 2.05) is 18.2 Å². The Morgan fingerprint density at radius 1 is 0.632 bits per heavy atom. The Balaban J connectivity index is 2.20. The van der Waals surface area contributed by atoms with Crippen LogP contribution < -0.4 is 0 Å². The zero-order chi connectivity index (χ0) is 13.2. The second-order valence-corrected chi connectivity index (χ2v) is 4.20. The second-order valence-electron chi connectivity index (χ2n) is 4.20. The fraction of sp³-hybridized carbons (Fsp3) is 0. The van der Waals surface area contributed by atoms with Crippen molar-refractivity contribution in [2.24, 2.45) is 0 Å². The molecule has 0 saturated heterocycles. The maximum Gasteiger partial charge on any atom is 0.145 e. The lowest BCUT2D eigenvalue weighted by atomic mass is 10.0. The molecule has 0 bridgehead atoms. The molecule has 0 radical (unpaired) electrons. The Hall–Kier alpha value is -2.68. The molecular formula is C16H12O3. The monoisotopic (exact) mass is 252 g/mol. The van der Waals surface area contributed by atoms with Gasteiger partial charge >= 0.3 is 0 Å². The summed E-state index contributed by atoms with van der Waals surface area (Å²) < 4.78 is 5.47. The molecule has 1 heterocycles. The molecule has 0 aliphatic carbocycles. The molecule has 0 spiro atoms. The SMILES string of the molecule is Oc1ccccc1-c1ccoc1-c1ccccc1O. The molecular weight excluding hydrogens is 240 g/mol. The maximum atomic E-state index is 9.92. The molecule has 0 aliphatic rings. The van der Waals surface area contributed by atoms with E-state index >= 15 is 0 Å². The Bertz CT molecular complexity index is 653. The van der Waals surface area contributed by atoms with Gasteiger partial charge in [-0.2, -0.15) is 0 Å². The Labute approximate surface area is 110 Å². The van der Waals surface area contributed by atoms with Gasteiger partial charge in [-0.3, -0.25) is 0 Å². The van der Waals surface area contributed by atoms with E-state index < -0.39 is 0 Å². The number of rotatable bonds is 2. The lowest BCUT2D eigenvalue weighted by Gasteiger charge is -2.06. The number of aromatic hydroxyl groups is 2. The standard InChI is InChI=1S/C16H12O3/c17-14-7-3-1-5-11(14)12-9-10-19-16(12)13-6-2-4-8-15(13)18/h1-10,17-18H. The maximum absolute atomic E-state index is 9.92. The topological polar surface area (TPSA) is 53.6 Å². The van der Waals surface area contributed by atoms with Crippen molar-refractivity contribution in [1.82, 2.24) is 0 Å². The summed E-state index contributed by atoms with van der Waals surface area (Å²) in [5.74, 6) is 0.870. The van der Waals surface area contributed by atoms with E-state index in [0.29, 0.717) is 16.9 Å². The van der Waals surface area contributed by atoms with Crippen molar-refractivity contribution >= 4 is 0 Å². The van der Waals surface area contributed by atoms with Crippen molar-refractivity contribution in [1.29, 1.82) is 0 Å². The Kier molecular flexibility index (Phi) is 2.72. The van der Waals surface area contributed by atoms with Crippen LogP contribution in [0.4, 0.5) is 0 Å². The van der Waals surface area contributed by atoms with Crippen molar-refractivity contribution in [2.75, 3.05) is 0 Å². The Morgan fingerprint density at radius 3 is 1.84 bits per heavy atom.